The Labute approximate surface area is 97.3 Å². The summed E-state index contributed by atoms with van der Waals surface area (Å²) < 4.78 is 64.2. The zero-order valence-corrected chi connectivity index (χ0v) is 9.97. The first-order chi connectivity index (χ1) is 7.61. The highest BCUT2D eigenvalue weighted by atomic mass is 32.2. The third-order valence-corrected chi connectivity index (χ3v) is 2.66. The third-order valence-electron chi connectivity index (χ3n) is 2.02. The molecule has 0 aliphatic heterocycles. The maximum atomic E-state index is 12.6. The van der Waals surface area contributed by atoms with Crippen molar-refractivity contribution in [3.8, 4) is 0 Å². The zero-order valence-electron chi connectivity index (χ0n) is 9.15. The Morgan fingerprint density at radius 3 is 2.24 bits per heavy atom. The highest BCUT2D eigenvalue weighted by molar-refractivity contribution is 7.86. The summed E-state index contributed by atoms with van der Waals surface area (Å²) in [5, 5.41) is 0. The van der Waals surface area contributed by atoms with Gasteiger partial charge in [0.25, 0.3) is 10.1 Å². The summed E-state index contributed by atoms with van der Waals surface area (Å²) in [6.07, 6.45) is -4.92. The highest BCUT2D eigenvalue weighted by Gasteiger charge is 2.34. The van der Waals surface area contributed by atoms with Crippen LogP contribution in [0.25, 0.3) is 0 Å². The zero-order chi connectivity index (χ0) is 13.3. The second kappa shape index (κ2) is 4.66. The van der Waals surface area contributed by atoms with Crippen LogP contribution in [-0.2, 0) is 20.5 Å². The average molecular weight is 268 g/mol. The van der Waals surface area contributed by atoms with Crippen molar-refractivity contribution >= 4 is 10.1 Å². The smallest absolute Gasteiger partial charge is 0.262 e. The number of rotatable bonds is 3. The lowest BCUT2D eigenvalue weighted by atomic mass is 10.0. The van der Waals surface area contributed by atoms with Crippen LogP contribution in [0.4, 0.5) is 13.2 Å². The molecular weight excluding hydrogens is 257 g/mol. The molecule has 3 nitrogen and oxygen atoms in total. The number of halogens is 3. The summed E-state index contributed by atoms with van der Waals surface area (Å²) >= 11 is 0. The van der Waals surface area contributed by atoms with Gasteiger partial charge in [-0.2, -0.15) is 21.6 Å². The van der Waals surface area contributed by atoms with Gasteiger partial charge in [-0.1, -0.05) is 18.2 Å². The van der Waals surface area contributed by atoms with Crippen molar-refractivity contribution in [3.05, 3.63) is 35.4 Å². The number of benzene rings is 1. The van der Waals surface area contributed by atoms with Crippen LogP contribution in [0.3, 0.4) is 0 Å². The Morgan fingerprint density at radius 1 is 1.24 bits per heavy atom. The second-order valence-electron chi connectivity index (χ2n) is 3.53. The predicted molar refractivity (Wildman–Crippen MR) is 55.8 cm³/mol. The van der Waals surface area contributed by atoms with Crippen molar-refractivity contribution in [1.29, 1.82) is 0 Å². The summed E-state index contributed by atoms with van der Waals surface area (Å²) in [5.74, 6) is 0. The minimum absolute atomic E-state index is 0.203. The van der Waals surface area contributed by atoms with Gasteiger partial charge in [0.2, 0.25) is 0 Å². The Balaban J connectivity index is 3.14. The molecule has 1 aromatic carbocycles. The number of hydrogen-bond donors (Lipinski definition) is 0. The van der Waals surface area contributed by atoms with Crippen LogP contribution in [0.2, 0.25) is 0 Å². The van der Waals surface area contributed by atoms with Gasteiger partial charge in [-0.15, -0.1) is 0 Å². The highest BCUT2D eigenvalue weighted by Crippen LogP contribution is 2.35. The normalized spacial score (nSPS) is 14.6. The summed E-state index contributed by atoms with van der Waals surface area (Å²) in [5.41, 5.74) is -1.10. The molecule has 96 valence electrons. The predicted octanol–water partition coefficient (Wildman–Crippen LogP) is 2.74. The van der Waals surface area contributed by atoms with Crippen molar-refractivity contribution in [3.63, 3.8) is 0 Å². The van der Waals surface area contributed by atoms with E-state index in [1.807, 2.05) is 0 Å². The van der Waals surface area contributed by atoms with E-state index in [4.69, 9.17) is 0 Å². The van der Waals surface area contributed by atoms with E-state index < -0.39 is 28.0 Å². The largest absolute Gasteiger partial charge is 0.416 e. The monoisotopic (exact) mass is 268 g/mol. The second-order valence-corrected chi connectivity index (χ2v) is 5.13. The lowest BCUT2D eigenvalue weighted by molar-refractivity contribution is -0.138. The Kier molecular flexibility index (Phi) is 3.83. The first-order valence-electron chi connectivity index (χ1n) is 4.65. The maximum Gasteiger partial charge on any atom is 0.416 e. The fraction of sp³-hybridized carbons (Fsp3) is 0.400. The fourth-order valence-corrected chi connectivity index (χ4v) is 2.05. The molecular formula is C10H11F3O3S. The minimum Gasteiger partial charge on any atom is -0.262 e. The van der Waals surface area contributed by atoms with E-state index in [9.17, 15) is 21.6 Å². The van der Waals surface area contributed by atoms with Crippen molar-refractivity contribution in [1.82, 2.24) is 0 Å². The molecule has 7 heteroatoms. The summed E-state index contributed by atoms with van der Waals surface area (Å²) in [4.78, 5) is 0. The lowest BCUT2D eigenvalue weighted by Gasteiger charge is -2.17. The molecule has 0 unspecified atom stereocenters. The van der Waals surface area contributed by atoms with E-state index in [1.54, 1.807) is 0 Å². The number of hydrogen-bond acceptors (Lipinski definition) is 3. The van der Waals surface area contributed by atoms with Crippen LogP contribution in [-0.4, -0.2) is 14.7 Å². The molecule has 0 aliphatic rings. The summed E-state index contributed by atoms with van der Waals surface area (Å²) in [7, 11) is -3.80. The van der Waals surface area contributed by atoms with E-state index in [2.05, 4.69) is 4.18 Å². The van der Waals surface area contributed by atoms with Gasteiger partial charge < -0.3 is 0 Å². The van der Waals surface area contributed by atoms with Crippen molar-refractivity contribution in [2.45, 2.75) is 19.2 Å². The van der Waals surface area contributed by atoms with Crippen LogP contribution < -0.4 is 0 Å². The van der Waals surface area contributed by atoms with Crippen molar-refractivity contribution in [2.24, 2.45) is 0 Å². The molecule has 0 aromatic heterocycles. The molecule has 1 aromatic rings. The Morgan fingerprint density at radius 2 is 1.76 bits per heavy atom. The van der Waals surface area contributed by atoms with E-state index in [1.165, 1.54) is 25.1 Å². The van der Waals surface area contributed by atoms with Gasteiger partial charge >= 0.3 is 6.18 Å². The molecule has 0 bridgehead atoms. The van der Waals surface area contributed by atoms with Crippen molar-refractivity contribution < 1.29 is 25.8 Å². The maximum absolute atomic E-state index is 12.6. The van der Waals surface area contributed by atoms with Crippen LogP contribution in [0, 0.1) is 0 Å². The van der Waals surface area contributed by atoms with Crippen LogP contribution in [0.5, 0.6) is 0 Å². The molecule has 1 atom stereocenters. The lowest BCUT2D eigenvalue weighted by Crippen LogP contribution is -2.14. The molecule has 0 aliphatic carbocycles. The van der Waals surface area contributed by atoms with Gasteiger partial charge in [0.1, 0.15) is 0 Å². The SMILES string of the molecule is C[C@H](OS(C)(=O)=O)c1ccccc1C(F)(F)F. The molecule has 0 saturated carbocycles. The van der Waals surface area contributed by atoms with E-state index in [0.717, 1.165) is 12.3 Å². The van der Waals surface area contributed by atoms with Gasteiger partial charge in [-0.05, 0) is 18.6 Å². The van der Waals surface area contributed by atoms with E-state index >= 15 is 0 Å². The molecule has 17 heavy (non-hydrogen) atoms. The van der Waals surface area contributed by atoms with E-state index in [0.29, 0.717) is 0 Å². The molecule has 0 amide bonds. The fourth-order valence-electron chi connectivity index (χ4n) is 1.42. The Bertz CT molecular complexity index is 494. The quantitative estimate of drug-likeness (QED) is 0.792. The Hall–Kier alpha value is -1.08. The molecule has 1 rings (SSSR count). The van der Waals surface area contributed by atoms with Crippen LogP contribution in [0.15, 0.2) is 24.3 Å². The summed E-state index contributed by atoms with van der Waals surface area (Å²) in [6, 6.07) is 4.71. The van der Waals surface area contributed by atoms with Crippen LogP contribution >= 0.6 is 0 Å². The molecule has 0 fully saturated rings. The topological polar surface area (TPSA) is 43.4 Å². The van der Waals surface area contributed by atoms with Gasteiger partial charge in [-0.25, -0.2) is 0 Å². The van der Waals surface area contributed by atoms with E-state index in [-0.39, 0.29) is 5.56 Å². The van der Waals surface area contributed by atoms with Crippen molar-refractivity contribution in [2.75, 3.05) is 6.26 Å². The molecule has 0 radical (unpaired) electrons. The molecule has 0 heterocycles. The van der Waals surface area contributed by atoms with Gasteiger partial charge in [0.15, 0.2) is 0 Å². The standard InChI is InChI=1S/C10H11F3O3S/c1-7(16-17(2,14)15)8-5-3-4-6-9(8)10(11,12)13/h3-7H,1-2H3/t7-/m0/s1. The number of alkyl halides is 3. The summed E-state index contributed by atoms with van der Waals surface area (Å²) in [6.45, 7) is 1.26. The molecule has 0 spiro atoms. The van der Waals surface area contributed by atoms with Gasteiger partial charge in [0.05, 0.1) is 17.9 Å². The third kappa shape index (κ3) is 4.01. The van der Waals surface area contributed by atoms with Gasteiger partial charge in [0, 0.05) is 0 Å². The van der Waals surface area contributed by atoms with Gasteiger partial charge in [-0.3, -0.25) is 4.18 Å². The molecule has 0 N–H and O–H groups in total. The average Bonchev–Trinajstić information content (AvgIpc) is 2.13. The first kappa shape index (κ1) is 14.0. The minimum atomic E-state index is -4.54. The van der Waals surface area contributed by atoms with Crippen LogP contribution in [0.1, 0.15) is 24.2 Å². The first-order valence-corrected chi connectivity index (χ1v) is 6.47. The molecule has 0 saturated heterocycles.